The molecule has 3 aliphatic rings. The molecule has 1 atom stereocenters. The summed E-state index contributed by atoms with van der Waals surface area (Å²) in [5.74, 6) is 0.142. The van der Waals surface area contributed by atoms with Crippen LogP contribution in [0.4, 0.5) is 0 Å². The highest BCUT2D eigenvalue weighted by Crippen LogP contribution is 2.39. The maximum atomic E-state index is 13.6. The number of carbonyl (C=O) groups excluding carboxylic acids is 1. The van der Waals surface area contributed by atoms with Gasteiger partial charge in [0.1, 0.15) is 17.6 Å². The number of aromatic nitrogens is 1. The average Bonchev–Trinajstić information content (AvgIpc) is 3.70. The number of pyridine rings is 1. The fraction of sp³-hybridized carbons (Fsp3) is 0.548. The second-order valence-electron chi connectivity index (χ2n) is 12.4. The number of rotatable bonds is 9. The molecule has 2 fully saturated rings. The molecule has 1 aliphatic carbocycles. The van der Waals surface area contributed by atoms with Crippen LogP contribution in [0.25, 0.3) is 0 Å². The smallest absolute Gasteiger partial charge is 0.320 e. The minimum Gasteiger partial charge on any atom is -0.480 e. The summed E-state index contributed by atoms with van der Waals surface area (Å²) in [6.07, 6.45) is 2.95. The Balaban J connectivity index is 0.00000370. The summed E-state index contributed by atoms with van der Waals surface area (Å²) in [6, 6.07) is 9.95. The van der Waals surface area contributed by atoms with Crippen LogP contribution in [-0.4, -0.2) is 81.1 Å². The summed E-state index contributed by atoms with van der Waals surface area (Å²) in [6.45, 7) is 12.9. The van der Waals surface area contributed by atoms with Gasteiger partial charge in [0.05, 0.1) is 6.54 Å². The Kier molecular flexibility index (Phi) is 9.17. The number of benzene rings is 1. The monoisotopic (exact) mass is 611 g/mol. The first-order valence-corrected chi connectivity index (χ1v) is 14.2. The topological polar surface area (TPSA) is 101 Å². The van der Waals surface area contributed by atoms with Crippen LogP contribution >= 0.6 is 17.0 Å². The van der Waals surface area contributed by atoms with Crippen molar-refractivity contribution in [3.8, 4) is 0 Å². The lowest BCUT2D eigenvalue weighted by Crippen LogP contribution is -2.52. The first kappa shape index (κ1) is 30.3. The number of hydrogen-bond donors (Lipinski definition) is 2. The van der Waals surface area contributed by atoms with Crippen molar-refractivity contribution in [3.63, 3.8) is 0 Å². The SMILES string of the molecule is Br.CCC(C(=O)O)N1CCN(Cc2cc(C(=O)CN3Cc4ccc(C5CC5)nc4C3=N)cc(C(C)(C)C)c2)CC1. The Labute approximate surface area is 248 Å². The van der Waals surface area contributed by atoms with Gasteiger partial charge in [0.25, 0.3) is 0 Å². The van der Waals surface area contributed by atoms with Crippen LogP contribution in [0.2, 0.25) is 0 Å². The summed E-state index contributed by atoms with van der Waals surface area (Å²) in [5, 5.41) is 18.2. The van der Waals surface area contributed by atoms with Gasteiger partial charge >= 0.3 is 5.97 Å². The molecule has 0 radical (unpaired) electrons. The van der Waals surface area contributed by atoms with Crippen LogP contribution < -0.4 is 0 Å². The number of aliphatic carboxylic acids is 1. The summed E-state index contributed by atoms with van der Waals surface area (Å²) in [4.78, 5) is 36.2. The van der Waals surface area contributed by atoms with E-state index < -0.39 is 12.0 Å². The molecule has 3 heterocycles. The van der Waals surface area contributed by atoms with Crippen molar-refractivity contribution in [1.29, 1.82) is 5.41 Å². The molecular formula is C31H42BrN5O3. The largest absolute Gasteiger partial charge is 0.480 e. The van der Waals surface area contributed by atoms with Gasteiger partial charge in [-0.1, -0.05) is 39.8 Å². The molecule has 1 unspecified atom stereocenters. The van der Waals surface area contributed by atoms with Gasteiger partial charge in [-0.05, 0) is 54.0 Å². The number of hydrogen-bond acceptors (Lipinski definition) is 6. The number of carboxylic acids is 1. The number of nitrogens with one attached hydrogen (secondary N) is 1. The third-order valence-corrected chi connectivity index (χ3v) is 8.34. The van der Waals surface area contributed by atoms with E-state index >= 15 is 0 Å². The number of halogens is 1. The number of Topliss-reactive ketones (excluding diaryl/α,β-unsaturated/α-hetero) is 1. The molecule has 0 bridgehead atoms. The number of amidine groups is 1. The van der Waals surface area contributed by atoms with E-state index in [-0.39, 0.29) is 34.7 Å². The van der Waals surface area contributed by atoms with Gasteiger partial charge in [-0.3, -0.25) is 24.8 Å². The van der Waals surface area contributed by atoms with Crippen molar-refractivity contribution < 1.29 is 14.7 Å². The second-order valence-corrected chi connectivity index (χ2v) is 12.4. The lowest BCUT2D eigenvalue weighted by Gasteiger charge is -2.37. The lowest BCUT2D eigenvalue weighted by molar-refractivity contribution is -0.144. The predicted octanol–water partition coefficient (Wildman–Crippen LogP) is 4.84. The molecule has 2 aromatic rings. The first-order chi connectivity index (χ1) is 18.5. The molecule has 0 amide bonds. The molecule has 9 heteroatoms. The van der Waals surface area contributed by atoms with Crippen LogP contribution in [-0.2, 0) is 23.3 Å². The molecule has 1 saturated carbocycles. The maximum Gasteiger partial charge on any atom is 0.320 e. The molecule has 2 aliphatic heterocycles. The molecule has 1 aromatic heterocycles. The third kappa shape index (κ3) is 6.64. The Bertz CT molecular complexity index is 1280. The van der Waals surface area contributed by atoms with Crippen LogP contribution in [0.15, 0.2) is 30.3 Å². The average molecular weight is 613 g/mol. The minimum atomic E-state index is -0.750. The Morgan fingerprint density at radius 1 is 1.10 bits per heavy atom. The number of fused-ring (bicyclic) bond motifs is 1. The van der Waals surface area contributed by atoms with E-state index in [1.807, 2.05) is 24.0 Å². The summed E-state index contributed by atoms with van der Waals surface area (Å²) in [5.41, 5.74) is 5.61. The first-order valence-electron chi connectivity index (χ1n) is 14.2. The predicted molar refractivity (Wildman–Crippen MR) is 162 cm³/mol. The Morgan fingerprint density at radius 3 is 2.40 bits per heavy atom. The molecule has 40 heavy (non-hydrogen) atoms. The van der Waals surface area contributed by atoms with Crippen molar-refractivity contribution in [1.82, 2.24) is 19.7 Å². The molecular weight excluding hydrogens is 570 g/mol. The highest BCUT2D eigenvalue weighted by Gasteiger charge is 2.32. The summed E-state index contributed by atoms with van der Waals surface area (Å²) < 4.78 is 0. The fourth-order valence-corrected chi connectivity index (χ4v) is 5.73. The van der Waals surface area contributed by atoms with E-state index in [2.05, 4.69) is 48.8 Å². The van der Waals surface area contributed by atoms with E-state index in [9.17, 15) is 14.7 Å². The number of nitrogens with zero attached hydrogens (tertiary/aromatic N) is 4. The second kappa shape index (κ2) is 12.1. The van der Waals surface area contributed by atoms with Crippen molar-refractivity contribution in [2.24, 2.45) is 0 Å². The zero-order chi connectivity index (χ0) is 27.9. The van der Waals surface area contributed by atoms with E-state index in [0.717, 1.165) is 60.8 Å². The van der Waals surface area contributed by atoms with Crippen LogP contribution in [0.5, 0.6) is 0 Å². The Morgan fingerprint density at radius 2 is 1.80 bits per heavy atom. The van der Waals surface area contributed by atoms with Crippen LogP contribution in [0.3, 0.4) is 0 Å². The number of piperazine rings is 1. The Hall–Kier alpha value is -2.62. The highest BCUT2D eigenvalue weighted by molar-refractivity contribution is 8.93. The van der Waals surface area contributed by atoms with Crippen molar-refractivity contribution in [2.75, 3.05) is 32.7 Å². The molecule has 0 spiro atoms. The molecule has 1 aromatic carbocycles. The molecule has 216 valence electrons. The zero-order valence-electron chi connectivity index (χ0n) is 24.1. The fourth-order valence-electron chi connectivity index (χ4n) is 5.73. The standard InChI is InChI=1S/C31H41N5O3.BrH/c1-5-26(30(38)39)35-12-10-34(11-13-35)17-20-14-23(16-24(15-20)31(2,3)4)27(37)19-36-18-22-8-9-25(21-6-7-21)33-28(22)29(36)32;/h8-9,14-16,21,26,32H,5-7,10-13,17-19H2,1-4H3,(H,38,39);1H. The van der Waals surface area contributed by atoms with Crippen molar-refractivity contribution in [2.45, 2.75) is 77.4 Å². The molecule has 2 N–H and O–H groups in total. The van der Waals surface area contributed by atoms with Gasteiger partial charge in [-0.2, -0.15) is 0 Å². The number of carbonyl (C=O) groups is 2. The van der Waals surface area contributed by atoms with Crippen molar-refractivity contribution >= 4 is 34.6 Å². The van der Waals surface area contributed by atoms with Gasteiger partial charge in [0.15, 0.2) is 5.78 Å². The van der Waals surface area contributed by atoms with Crippen molar-refractivity contribution in [3.05, 3.63) is 64.0 Å². The highest BCUT2D eigenvalue weighted by atomic mass is 79.9. The number of ketones is 1. The van der Waals surface area contributed by atoms with Gasteiger partial charge in [-0.25, -0.2) is 4.98 Å². The van der Waals surface area contributed by atoms with Gasteiger partial charge in [0, 0.05) is 62.0 Å². The van der Waals surface area contributed by atoms with E-state index in [4.69, 9.17) is 10.4 Å². The minimum absolute atomic E-state index is 0. The van der Waals surface area contributed by atoms with E-state index in [1.54, 1.807) is 0 Å². The quantitative estimate of drug-likeness (QED) is 0.391. The third-order valence-electron chi connectivity index (χ3n) is 8.34. The molecule has 5 rings (SSSR count). The summed E-state index contributed by atoms with van der Waals surface area (Å²) in [7, 11) is 0. The van der Waals surface area contributed by atoms with Gasteiger partial charge in [0.2, 0.25) is 0 Å². The normalized spacial score (nSPS) is 18.8. The van der Waals surface area contributed by atoms with Gasteiger partial charge in [-0.15, -0.1) is 17.0 Å². The van der Waals surface area contributed by atoms with Crippen LogP contribution in [0, 0.1) is 5.41 Å². The number of carboxylic acid groups (broad SMARTS) is 1. The lowest BCUT2D eigenvalue weighted by atomic mass is 9.84. The van der Waals surface area contributed by atoms with E-state index in [0.29, 0.717) is 30.3 Å². The molecule has 8 nitrogen and oxygen atoms in total. The maximum absolute atomic E-state index is 13.6. The van der Waals surface area contributed by atoms with Gasteiger partial charge < -0.3 is 10.0 Å². The molecule has 1 saturated heterocycles. The zero-order valence-corrected chi connectivity index (χ0v) is 25.8. The van der Waals surface area contributed by atoms with E-state index in [1.165, 1.54) is 12.8 Å². The van der Waals surface area contributed by atoms with Crippen LogP contribution in [0.1, 0.15) is 91.3 Å². The summed E-state index contributed by atoms with van der Waals surface area (Å²) >= 11 is 0.